The van der Waals surface area contributed by atoms with Crippen molar-refractivity contribution in [3.8, 4) is 17.3 Å². The maximum Gasteiger partial charge on any atom is 0.107 e. The van der Waals surface area contributed by atoms with E-state index in [-0.39, 0.29) is 0 Å². The molecule has 4 heteroatoms. The normalized spacial score (nSPS) is 10.3. The third-order valence-corrected chi connectivity index (χ3v) is 3.79. The number of hydrogen-bond donors (Lipinski definition) is 0. The van der Waals surface area contributed by atoms with Gasteiger partial charge in [-0.05, 0) is 19.9 Å². The highest BCUT2D eigenvalue weighted by Crippen LogP contribution is 2.28. The monoisotopic (exact) mass is 257 g/mol. The van der Waals surface area contributed by atoms with Gasteiger partial charge in [-0.2, -0.15) is 5.26 Å². The molecule has 0 fully saturated rings. The largest absolute Gasteiger partial charge is 0.345 e. The van der Waals surface area contributed by atoms with Gasteiger partial charge in [-0.25, -0.2) is 4.98 Å². The van der Waals surface area contributed by atoms with Crippen LogP contribution in [0, 0.1) is 25.2 Å². The molecule has 0 aliphatic carbocycles. The van der Waals surface area contributed by atoms with E-state index in [0.717, 1.165) is 22.8 Å². The number of rotatable bonds is 4. The van der Waals surface area contributed by atoms with Crippen LogP contribution in [0.15, 0.2) is 24.1 Å². The van der Waals surface area contributed by atoms with E-state index in [4.69, 9.17) is 5.26 Å². The molecule has 0 aliphatic heterocycles. The quantitative estimate of drug-likeness (QED) is 0.787. The van der Waals surface area contributed by atoms with Gasteiger partial charge in [0.25, 0.3) is 0 Å². The number of allylic oxidation sites excluding steroid dienone is 1. The average Bonchev–Trinajstić information content (AvgIpc) is 2.90. The molecular weight excluding hydrogens is 242 g/mol. The molecule has 0 aliphatic rings. The summed E-state index contributed by atoms with van der Waals surface area (Å²) in [6.07, 6.45) is 2.28. The number of aryl methyl sites for hydroxylation is 1. The fourth-order valence-electron chi connectivity index (χ4n) is 2.05. The summed E-state index contributed by atoms with van der Waals surface area (Å²) in [5.41, 5.74) is 4.52. The number of nitrogens with zero attached hydrogens (tertiary/aromatic N) is 3. The molecule has 0 radical (unpaired) electrons. The van der Waals surface area contributed by atoms with Crippen LogP contribution in [-0.2, 0) is 13.0 Å². The van der Waals surface area contributed by atoms with Gasteiger partial charge in [-0.3, -0.25) is 0 Å². The van der Waals surface area contributed by atoms with Crippen LogP contribution in [0.2, 0.25) is 0 Å². The van der Waals surface area contributed by atoms with E-state index < -0.39 is 0 Å². The van der Waals surface area contributed by atoms with E-state index in [1.54, 1.807) is 11.3 Å². The summed E-state index contributed by atoms with van der Waals surface area (Å²) in [6, 6.07) is 4.27. The second-order valence-corrected chi connectivity index (χ2v) is 5.09. The van der Waals surface area contributed by atoms with E-state index in [0.29, 0.717) is 6.42 Å². The van der Waals surface area contributed by atoms with Gasteiger partial charge in [-0.15, -0.1) is 17.9 Å². The molecule has 0 unspecified atom stereocenters. The maximum atomic E-state index is 8.67. The fraction of sp³-hybridized carbons (Fsp3) is 0.286. The standard InChI is InChI=1S/C14H15N3S/c1-4-7-17-10(2)8-12(11(17)3)13-9-18-14(16-13)5-6-15/h4,8-9H,1,5,7H2,2-3H3. The van der Waals surface area contributed by atoms with Gasteiger partial charge < -0.3 is 4.57 Å². The molecule has 2 aromatic heterocycles. The molecule has 18 heavy (non-hydrogen) atoms. The van der Waals surface area contributed by atoms with Gasteiger partial charge in [0, 0.05) is 28.9 Å². The van der Waals surface area contributed by atoms with Crippen LogP contribution < -0.4 is 0 Å². The van der Waals surface area contributed by atoms with Crippen LogP contribution in [0.4, 0.5) is 0 Å². The summed E-state index contributed by atoms with van der Waals surface area (Å²) < 4.78 is 2.21. The van der Waals surface area contributed by atoms with Gasteiger partial charge in [0.1, 0.15) is 5.01 Å². The zero-order chi connectivity index (χ0) is 13.1. The molecule has 0 saturated carbocycles. The van der Waals surface area contributed by atoms with E-state index in [2.05, 4.69) is 42.1 Å². The third kappa shape index (κ3) is 2.22. The van der Waals surface area contributed by atoms with Crippen molar-refractivity contribution < 1.29 is 0 Å². The second kappa shape index (κ2) is 5.19. The number of nitriles is 1. The summed E-state index contributed by atoms with van der Waals surface area (Å²) in [7, 11) is 0. The topological polar surface area (TPSA) is 41.6 Å². The Kier molecular flexibility index (Phi) is 3.63. The summed E-state index contributed by atoms with van der Waals surface area (Å²) in [4.78, 5) is 4.50. The van der Waals surface area contributed by atoms with E-state index in [1.807, 2.05) is 11.5 Å². The molecule has 0 atom stereocenters. The Morgan fingerprint density at radius 1 is 1.56 bits per heavy atom. The molecule has 2 heterocycles. The van der Waals surface area contributed by atoms with Crippen LogP contribution in [0.3, 0.4) is 0 Å². The molecule has 0 bridgehead atoms. The first kappa shape index (κ1) is 12.6. The lowest BCUT2D eigenvalue weighted by Gasteiger charge is -2.05. The Labute approximate surface area is 111 Å². The molecule has 0 aromatic carbocycles. The first-order valence-electron chi connectivity index (χ1n) is 5.76. The highest BCUT2D eigenvalue weighted by molar-refractivity contribution is 7.10. The van der Waals surface area contributed by atoms with Crippen molar-refractivity contribution in [1.82, 2.24) is 9.55 Å². The van der Waals surface area contributed by atoms with Crippen LogP contribution >= 0.6 is 11.3 Å². The smallest absolute Gasteiger partial charge is 0.107 e. The minimum atomic E-state index is 0.385. The Hall–Kier alpha value is -1.86. The summed E-state index contributed by atoms with van der Waals surface area (Å²) in [5.74, 6) is 0. The first-order valence-corrected chi connectivity index (χ1v) is 6.64. The Morgan fingerprint density at radius 3 is 3.00 bits per heavy atom. The molecule has 0 N–H and O–H groups in total. The predicted molar refractivity (Wildman–Crippen MR) is 74.5 cm³/mol. The predicted octanol–water partition coefficient (Wildman–Crippen LogP) is 3.48. The number of hydrogen-bond acceptors (Lipinski definition) is 3. The van der Waals surface area contributed by atoms with Crippen molar-refractivity contribution in [2.45, 2.75) is 26.8 Å². The Balaban J connectivity index is 2.41. The zero-order valence-electron chi connectivity index (χ0n) is 10.6. The minimum Gasteiger partial charge on any atom is -0.345 e. The lowest BCUT2D eigenvalue weighted by atomic mass is 10.2. The molecule has 0 amide bonds. The molecule has 2 rings (SSSR count). The van der Waals surface area contributed by atoms with Gasteiger partial charge in [0.15, 0.2) is 0 Å². The fourth-order valence-corrected chi connectivity index (χ4v) is 2.78. The SMILES string of the molecule is C=CCn1c(C)cc(-c2csc(CC#N)n2)c1C. The van der Waals surface area contributed by atoms with Crippen LogP contribution in [0.1, 0.15) is 16.4 Å². The lowest BCUT2D eigenvalue weighted by molar-refractivity contribution is 0.770. The molecular formula is C14H15N3S. The molecule has 3 nitrogen and oxygen atoms in total. The first-order chi connectivity index (χ1) is 8.67. The van der Waals surface area contributed by atoms with Crippen molar-refractivity contribution in [2.24, 2.45) is 0 Å². The van der Waals surface area contributed by atoms with Gasteiger partial charge in [0.2, 0.25) is 0 Å². The van der Waals surface area contributed by atoms with E-state index in [1.165, 1.54) is 11.4 Å². The minimum absolute atomic E-state index is 0.385. The van der Waals surface area contributed by atoms with Crippen molar-refractivity contribution >= 4 is 11.3 Å². The van der Waals surface area contributed by atoms with Gasteiger partial charge in [-0.1, -0.05) is 6.08 Å². The molecule has 0 spiro atoms. The highest BCUT2D eigenvalue weighted by atomic mass is 32.1. The summed E-state index contributed by atoms with van der Waals surface area (Å²) >= 11 is 1.54. The van der Waals surface area contributed by atoms with Crippen LogP contribution in [0.5, 0.6) is 0 Å². The average molecular weight is 257 g/mol. The van der Waals surface area contributed by atoms with Crippen molar-refractivity contribution in [3.05, 3.63) is 40.5 Å². The van der Waals surface area contributed by atoms with E-state index in [9.17, 15) is 0 Å². The summed E-state index contributed by atoms with van der Waals surface area (Å²) in [5, 5.41) is 11.6. The van der Waals surface area contributed by atoms with Crippen molar-refractivity contribution in [2.75, 3.05) is 0 Å². The number of aromatic nitrogens is 2. The lowest BCUT2D eigenvalue weighted by Crippen LogP contribution is -1.99. The summed E-state index contributed by atoms with van der Waals surface area (Å²) in [6.45, 7) is 8.77. The van der Waals surface area contributed by atoms with Gasteiger partial charge in [0.05, 0.1) is 18.2 Å². The highest BCUT2D eigenvalue weighted by Gasteiger charge is 2.12. The van der Waals surface area contributed by atoms with Crippen molar-refractivity contribution in [3.63, 3.8) is 0 Å². The number of thiazole rings is 1. The Bertz CT molecular complexity index is 614. The van der Waals surface area contributed by atoms with E-state index >= 15 is 0 Å². The maximum absolute atomic E-state index is 8.67. The van der Waals surface area contributed by atoms with Crippen LogP contribution in [-0.4, -0.2) is 9.55 Å². The zero-order valence-corrected chi connectivity index (χ0v) is 11.4. The molecule has 0 saturated heterocycles. The van der Waals surface area contributed by atoms with Crippen molar-refractivity contribution in [1.29, 1.82) is 5.26 Å². The molecule has 2 aromatic rings. The Morgan fingerprint density at radius 2 is 2.33 bits per heavy atom. The third-order valence-electron chi connectivity index (χ3n) is 2.94. The van der Waals surface area contributed by atoms with Crippen LogP contribution in [0.25, 0.3) is 11.3 Å². The second-order valence-electron chi connectivity index (χ2n) is 4.15. The van der Waals surface area contributed by atoms with Gasteiger partial charge >= 0.3 is 0 Å². The molecule has 92 valence electrons.